The van der Waals surface area contributed by atoms with Crippen LogP contribution in [0.5, 0.6) is 0 Å². The van der Waals surface area contributed by atoms with Crippen LogP contribution >= 0.6 is 23.2 Å². The molecule has 76 valence electrons. The highest BCUT2D eigenvalue weighted by atomic mass is 35.5. The zero-order valence-electron chi connectivity index (χ0n) is 7.82. The molecule has 2 heterocycles. The Morgan fingerprint density at radius 3 is 2.73 bits per heavy atom. The molecule has 15 heavy (non-hydrogen) atoms. The lowest BCUT2D eigenvalue weighted by Crippen LogP contribution is -1.90. The summed E-state index contributed by atoms with van der Waals surface area (Å²) in [5, 5.41) is 0.608. The van der Waals surface area contributed by atoms with Gasteiger partial charge in [-0.2, -0.15) is 0 Å². The van der Waals surface area contributed by atoms with E-state index >= 15 is 0 Å². The van der Waals surface area contributed by atoms with Crippen molar-refractivity contribution in [2.45, 2.75) is 5.88 Å². The van der Waals surface area contributed by atoms with Crippen molar-refractivity contribution < 1.29 is 0 Å². The Morgan fingerprint density at radius 2 is 2.07 bits per heavy atom. The number of alkyl halides is 1. The second-order valence-electron chi connectivity index (χ2n) is 3.01. The summed E-state index contributed by atoms with van der Waals surface area (Å²) in [4.78, 5) is 8.38. The minimum Gasteiger partial charge on any atom is -0.264 e. The number of hydrogen-bond acceptors (Lipinski definition) is 2. The van der Waals surface area contributed by atoms with Gasteiger partial charge in [0.15, 0.2) is 0 Å². The summed E-state index contributed by atoms with van der Waals surface area (Å²) in [5.74, 6) is 0.379. The molecule has 0 unspecified atom stereocenters. The van der Waals surface area contributed by atoms with E-state index in [1.54, 1.807) is 18.5 Å². The average Bonchev–Trinajstić information content (AvgIpc) is 2.31. The van der Waals surface area contributed by atoms with Gasteiger partial charge in [0, 0.05) is 18.0 Å². The fraction of sp³-hybridized carbons (Fsp3) is 0.0909. The fourth-order valence-electron chi connectivity index (χ4n) is 1.26. The van der Waals surface area contributed by atoms with Gasteiger partial charge in [0.2, 0.25) is 0 Å². The lowest BCUT2D eigenvalue weighted by molar-refractivity contribution is 1.17. The third-order valence-corrected chi connectivity index (χ3v) is 2.55. The molecule has 2 nitrogen and oxygen atoms in total. The largest absolute Gasteiger partial charge is 0.264 e. The molecular formula is C11H8Cl2N2. The number of aromatic nitrogens is 2. The molecule has 0 aromatic carbocycles. The Labute approximate surface area is 97.9 Å². The predicted octanol–water partition coefficient (Wildman–Crippen LogP) is 3.54. The van der Waals surface area contributed by atoms with Crippen LogP contribution in [0.1, 0.15) is 5.69 Å². The molecule has 0 saturated heterocycles. The molecule has 0 saturated carbocycles. The van der Waals surface area contributed by atoms with Crippen LogP contribution in [0.15, 0.2) is 36.7 Å². The Bertz CT molecular complexity index is 457. The fourth-order valence-corrected chi connectivity index (χ4v) is 1.63. The monoisotopic (exact) mass is 238 g/mol. The number of hydrogen-bond donors (Lipinski definition) is 0. The molecular weight excluding hydrogens is 231 g/mol. The first kappa shape index (κ1) is 10.4. The van der Waals surface area contributed by atoms with Gasteiger partial charge in [-0.25, -0.2) is 4.98 Å². The molecule has 0 radical (unpaired) electrons. The van der Waals surface area contributed by atoms with E-state index in [2.05, 4.69) is 9.97 Å². The molecule has 0 atom stereocenters. The third kappa shape index (κ3) is 2.28. The van der Waals surface area contributed by atoms with Crippen molar-refractivity contribution in [3.05, 3.63) is 47.4 Å². The van der Waals surface area contributed by atoms with E-state index in [4.69, 9.17) is 23.2 Å². The van der Waals surface area contributed by atoms with Crippen LogP contribution in [-0.4, -0.2) is 9.97 Å². The Kier molecular flexibility index (Phi) is 3.19. The smallest absolute Gasteiger partial charge is 0.0907 e. The minimum absolute atomic E-state index is 0.379. The van der Waals surface area contributed by atoms with Crippen LogP contribution in [-0.2, 0) is 5.88 Å². The molecule has 0 aliphatic carbocycles. The summed E-state index contributed by atoms with van der Waals surface area (Å²) in [5.41, 5.74) is 2.43. The van der Waals surface area contributed by atoms with Gasteiger partial charge in [-0.3, -0.25) is 4.98 Å². The number of rotatable bonds is 2. The molecule has 0 aliphatic rings. The predicted molar refractivity (Wildman–Crippen MR) is 62.0 cm³/mol. The van der Waals surface area contributed by atoms with Crippen LogP contribution in [0.2, 0.25) is 5.02 Å². The number of pyridine rings is 2. The van der Waals surface area contributed by atoms with Crippen molar-refractivity contribution in [1.29, 1.82) is 0 Å². The molecule has 2 aromatic rings. The summed E-state index contributed by atoms with van der Waals surface area (Å²) >= 11 is 11.8. The normalized spacial score (nSPS) is 10.3. The van der Waals surface area contributed by atoms with E-state index in [1.807, 2.05) is 18.2 Å². The van der Waals surface area contributed by atoms with Crippen molar-refractivity contribution in [3.63, 3.8) is 0 Å². The molecule has 2 aromatic heterocycles. The van der Waals surface area contributed by atoms with Gasteiger partial charge < -0.3 is 0 Å². The van der Waals surface area contributed by atoms with Gasteiger partial charge in [-0.1, -0.05) is 11.6 Å². The summed E-state index contributed by atoms with van der Waals surface area (Å²) in [6.07, 6.45) is 3.44. The lowest BCUT2D eigenvalue weighted by atomic mass is 10.2. The zero-order valence-corrected chi connectivity index (χ0v) is 9.33. The average molecular weight is 239 g/mol. The minimum atomic E-state index is 0.379. The van der Waals surface area contributed by atoms with Crippen LogP contribution in [0.3, 0.4) is 0 Å². The maximum Gasteiger partial charge on any atom is 0.0907 e. The molecule has 2 rings (SSSR count). The van der Waals surface area contributed by atoms with Crippen molar-refractivity contribution >= 4 is 23.2 Å². The van der Waals surface area contributed by atoms with Crippen molar-refractivity contribution in [1.82, 2.24) is 9.97 Å². The van der Waals surface area contributed by atoms with Crippen LogP contribution in [0, 0.1) is 0 Å². The van der Waals surface area contributed by atoms with Crippen molar-refractivity contribution in [2.75, 3.05) is 0 Å². The summed E-state index contributed by atoms with van der Waals surface area (Å²) in [6.45, 7) is 0. The first-order chi connectivity index (χ1) is 7.31. The zero-order chi connectivity index (χ0) is 10.7. The Hall–Kier alpha value is -1.12. The Balaban J connectivity index is 2.52. The van der Waals surface area contributed by atoms with Crippen LogP contribution < -0.4 is 0 Å². The molecule has 4 heteroatoms. The van der Waals surface area contributed by atoms with Gasteiger partial charge >= 0.3 is 0 Å². The second-order valence-corrected chi connectivity index (χ2v) is 3.68. The highest BCUT2D eigenvalue weighted by Gasteiger charge is 2.05. The Morgan fingerprint density at radius 1 is 1.20 bits per heavy atom. The van der Waals surface area contributed by atoms with E-state index in [0.29, 0.717) is 10.9 Å². The topological polar surface area (TPSA) is 25.8 Å². The van der Waals surface area contributed by atoms with Gasteiger partial charge in [-0.05, 0) is 24.3 Å². The number of halogens is 2. The highest BCUT2D eigenvalue weighted by molar-refractivity contribution is 6.33. The molecule has 0 spiro atoms. The quantitative estimate of drug-likeness (QED) is 0.749. The maximum atomic E-state index is 6.05. The summed E-state index contributed by atoms with van der Waals surface area (Å²) < 4.78 is 0. The van der Waals surface area contributed by atoms with E-state index in [1.165, 1.54) is 0 Å². The van der Waals surface area contributed by atoms with Crippen LogP contribution in [0.4, 0.5) is 0 Å². The highest BCUT2D eigenvalue weighted by Crippen LogP contribution is 2.25. The van der Waals surface area contributed by atoms with Crippen LogP contribution in [0.25, 0.3) is 11.3 Å². The van der Waals surface area contributed by atoms with E-state index in [0.717, 1.165) is 17.0 Å². The number of nitrogens with zero attached hydrogens (tertiary/aromatic N) is 2. The van der Waals surface area contributed by atoms with E-state index < -0.39 is 0 Å². The van der Waals surface area contributed by atoms with Gasteiger partial charge in [-0.15, -0.1) is 11.6 Å². The second kappa shape index (κ2) is 4.60. The van der Waals surface area contributed by atoms with E-state index in [9.17, 15) is 0 Å². The molecule has 0 aliphatic heterocycles. The summed E-state index contributed by atoms with van der Waals surface area (Å²) in [7, 11) is 0. The molecule has 0 bridgehead atoms. The lowest BCUT2D eigenvalue weighted by Gasteiger charge is -2.04. The maximum absolute atomic E-state index is 6.05. The molecule has 0 amide bonds. The first-order valence-corrected chi connectivity index (χ1v) is 5.34. The SMILES string of the molecule is ClCc1ccc(Cl)c(-c2cccnc2)n1. The van der Waals surface area contributed by atoms with Gasteiger partial charge in [0.1, 0.15) is 0 Å². The first-order valence-electron chi connectivity index (χ1n) is 4.43. The standard InChI is InChI=1S/C11H8Cl2N2/c12-6-9-3-4-10(13)11(15-9)8-2-1-5-14-7-8/h1-5,7H,6H2. The van der Waals surface area contributed by atoms with Crippen molar-refractivity contribution in [2.24, 2.45) is 0 Å². The molecule has 0 fully saturated rings. The molecule has 0 N–H and O–H groups in total. The van der Waals surface area contributed by atoms with Crippen molar-refractivity contribution in [3.8, 4) is 11.3 Å². The van der Waals surface area contributed by atoms with Gasteiger partial charge in [0.05, 0.1) is 22.3 Å². The van der Waals surface area contributed by atoms with E-state index in [-0.39, 0.29) is 0 Å². The van der Waals surface area contributed by atoms with Gasteiger partial charge in [0.25, 0.3) is 0 Å². The summed E-state index contributed by atoms with van der Waals surface area (Å²) in [6, 6.07) is 7.38. The third-order valence-electron chi connectivity index (χ3n) is 1.98.